The van der Waals surface area contributed by atoms with Crippen molar-refractivity contribution in [2.75, 3.05) is 0 Å². The minimum atomic E-state index is 0.355. The van der Waals surface area contributed by atoms with Gasteiger partial charge in [0.15, 0.2) is 0 Å². The second-order valence-electron chi connectivity index (χ2n) is 16.3. The van der Waals surface area contributed by atoms with Crippen LogP contribution in [0.15, 0.2) is 188 Å². The summed E-state index contributed by atoms with van der Waals surface area (Å²) >= 11 is 0. The minimum absolute atomic E-state index is 0.355. The summed E-state index contributed by atoms with van der Waals surface area (Å²) in [5.41, 5.74) is 16.5. The number of hydrogen-bond donors (Lipinski definition) is 0. The Bertz CT molecular complexity index is 3070. The molecule has 1 atom stereocenters. The predicted molar refractivity (Wildman–Crippen MR) is 252 cm³/mol. The van der Waals surface area contributed by atoms with Gasteiger partial charge in [0.2, 0.25) is 0 Å². The second kappa shape index (κ2) is 16.0. The van der Waals surface area contributed by atoms with E-state index < -0.39 is 0 Å². The maximum absolute atomic E-state index is 2.45. The van der Waals surface area contributed by atoms with Gasteiger partial charge >= 0.3 is 0 Å². The molecule has 288 valence electrons. The highest BCUT2D eigenvalue weighted by atomic mass is 15.0. The summed E-state index contributed by atoms with van der Waals surface area (Å²) in [5.74, 6) is 0.355. The zero-order valence-corrected chi connectivity index (χ0v) is 34.1. The third-order valence-corrected chi connectivity index (χ3v) is 12.6. The maximum atomic E-state index is 2.45. The van der Waals surface area contributed by atoms with Crippen LogP contribution in [-0.4, -0.2) is 9.13 Å². The molecule has 2 heteroatoms. The van der Waals surface area contributed by atoms with E-state index in [1.807, 2.05) is 0 Å². The first kappa shape index (κ1) is 36.7. The average molecular weight is 763 g/mol. The van der Waals surface area contributed by atoms with Crippen molar-refractivity contribution in [2.45, 2.75) is 58.3 Å². The molecule has 0 bridgehead atoms. The summed E-state index contributed by atoms with van der Waals surface area (Å²) in [4.78, 5) is 0. The number of aryl methyl sites for hydroxylation is 1. The van der Waals surface area contributed by atoms with Gasteiger partial charge in [-0.3, -0.25) is 0 Å². The van der Waals surface area contributed by atoms with Gasteiger partial charge in [0.25, 0.3) is 0 Å². The van der Waals surface area contributed by atoms with E-state index in [1.165, 1.54) is 126 Å². The largest absolute Gasteiger partial charge is 0.309 e. The summed E-state index contributed by atoms with van der Waals surface area (Å²) < 4.78 is 4.84. The van der Waals surface area contributed by atoms with E-state index in [-0.39, 0.29) is 0 Å². The standard InChI is InChI=1S/C57H50N2/c1-3-4-5-6-13-24-46(41-20-9-7-10-21-41)47-25-14-15-26-48(47)51-37-42(32-31-40(51)2)43-33-35-56-52(38-43)49-27-16-19-30-55(49)59(56)45-34-36-57-53(39-45)50-28-17-18-29-54(50)58(57)44-22-11-8-12-23-44/h7-12,14-23,25-39,46H,3-6,13,24H2,1-2H3. The molecular weight excluding hydrogens is 713 g/mol. The number of para-hydroxylation sites is 3. The Hall–Kier alpha value is -6.64. The van der Waals surface area contributed by atoms with Crippen molar-refractivity contribution >= 4 is 43.6 Å². The molecule has 0 saturated heterocycles. The molecule has 2 heterocycles. The molecule has 0 aliphatic carbocycles. The van der Waals surface area contributed by atoms with Gasteiger partial charge in [0.05, 0.1) is 22.1 Å². The number of unbranched alkanes of at least 4 members (excludes halogenated alkanes) is 4. The Labute approximate surface area is 348 Å². The molecule has 0 spiro atoms. The minimum Gasteiger partial charge on any atom is -0.309 e. The monoisotopic (exact) mass is 762 g/mol. The quantitative estimate of drug-likeness (QED) is 0.110. The van der Waals surface area contributed by atoms with Crippen LogP contribution < -0.4 is 0 Å². The number of benzene rings is 8. The van der Waals surface area contributed by atoms with E-state index in [4.69, 9.17) is 0 Å². The third kappa shape index (κ3) is 6.73. The molecule has 1 unspecified atom stereocenters. The molecule has 10 aromatic rings. The molecule has 2 aromatic heterocycles. The van der Waals surface area contributed by atoms with Gasteiger partial charge in [-0.25, -0.2) is 0 Å². The lowest BCUT2D eigenvalue weighted by Crippen LogP contribution is -2.04. The highest BCUT2D eigenvalue weighted by Gasteiger charge is 2.21. The third-order valence-electron chi connectivity index (χ3n) is 12.6. The molecule has 0 N–H and O–H groups in total. The molecule has 59 heavy (non-hydrogen) atoms. The highest BCUT2D eigenvalue weighted by Crippen LogP contribution is 2.41. The normalized spacial score (nSPS) is 12.2. The van der Waals surface area contributed by atoms with Crippen LogP contribution in [-0.2, 0) is 0 Å². The number of rotatable bonds is 12. The molecule has 0 radical (unpaired) electrons. The zero-order valence-electron chi connectivity index (χ0n) is 34.1. The fourth-order valence-electron chi connectivity index (χ4n) is 9.66. The Balaban J connectivity index is 1.07. The van der Waals surface area contributed by atoms with Crippen molar-refractivity contribution in [3.8, 4) is 33.6 Å². The second-order valence-corrected chi connectivity index (χ2v) is 16.3. The molecule has 0 amide bonds. The van der Waals surface area contributed by atoms with Gasteiger partial charge in [0.1, 0.15) is 0 Å². The first-order valence-corrected chi connectivity index (χ1v) is 21.6. The summed E-state index contributed by atoms with van der Waals surface area (Å²) in [6.07, 6.45) is 7.60. The van der Waals surface area contributed by atoms with Crippen molar-refractivity contribution < 1.29 is 0 Å². The van der Waals surface area contributed by atoms with Crippen molar-refractivity contribution in [1.29, 1.82) is 0 Å². The van der Waals surface area contributed by atoms with Crippen molar-refractivity contribution in [3.63, 3.8) is 0 Å². The fraction of sp³-hybridized carbons (Fsp3) is 0.158. The first-order chi connectivity index (χ1) is 29.2. The lowest BCUT2D eigenvalue weighted by Gasteiger charge is -2.23. The smallest absolute Gasteiger partial charge is 0.0542 e. The van der Waals surface area contributed by atoms with Gasteiger partial charge < -0.3 is 9.13 Å². The molecule has 2 nitrogen and oxygen atoms in total. The number of fused-ring (bicyclic) bond motifs is 6. The topological polar surface area (TPSA) is 9.86 Å². The molecule has 0 saturated carbocycles. The van der Waals surface area contributed by atoms with Crippen LogP contribution in [0, 0.1) is 6.92 Å². The summed E-state index contributed by atoms with van der Waals surface area (Å²) in [6, 6.07) is 69.8. The van der Waals surface area contributed by atoms with E-state index in [2.05, 4.69) is 211 Å². The van der Waals surface area contributed by atoms with Crippen LogP contribution in [0.5, 0.6) is 0 Å². The van der Waals surface area contributed by atoms with Crippen LogP contribution in [0.25, 0.3) is 77.2 Å². The number of hydrogen-bond acceptors (Lipinski definition) is 0. The van der Waals surface area contributed by atoms with Gasteiger partial charge in [-0.15, -0.1) is 0 Å². The Morgan fingerprint density at radius 1 is 0.407 bits per heavy atom. The number of aromatic nitrogens is 2. The van der Waals surface area contributed by atoms with E-state index in [0.717, 1.165) is 6.42 Å². The zero-order chi connectivity index (χ0) is 39.7. The molecule has 0 fully saturated rings. The average Bonchev–Trinajstić information content (AvgIpc) is 3.80. The van der Waals surface area contributed by atoms with Crippen LogP contribution in [0.1, 0.15) is 68.1 Å². The van der Waals surface area contributed by atoms with Gasteiger partial charge in [0, 0.05) is 38.8 Å². The highest BCUT2D eigenvalue weighted by molar-refractivity contribution is 6.13. The SMILES string of the molecule is CCCCCCCC(c1ccccc1)c1ccccc1-c1cc(-c2ccc3c(c2)c2ccccc2n3-c2ccc3c(c2)c2ccccc2n3-c2ccccc2)ccc1C. The van der Waals surface area contributed by atoms with Crippen molar-refractivity contribution in [2.24, 2.45) is 0 Å². The summed E-state index contributed by atoms with van der Waals surface area (Å²) in [6.45, 7) is 4.56. The van der Waals surface area contributed by atoms with Crippen molar-refractivity contribution in [1.82, 2.24) is 9.13 Å². The molecule has 0 aliphatic heterocycles. The molecule has 0 aliphatic rings. The summed E-state index contributed by atoms with van der Waals surface area (Å²) in [5, 5.41) is 5.04. The molecular formula is C57H50N2. The summed E-state index contributed by atoms with van der Waals surface area (Å²) in [7, 11) is 0. The number of nitrogens with zero attached hydrogens (tertiary/aromatic N) is 2. The van der Waals surface area contributed by atoms with E-state index in [1.54, 1.807) is 0 Å². The van der Waals surface area contributed by atoms with Gasteiger partial charge in [-0.05, 0) is 113 Å². The first-order valence-electron chi connectivity index (χ1n) is 21.6. The van der Waals surface area contributed by atoms with E-state index >= 15 is 0 Å². The van der Waals surface area contributed by atoms with Crippen LogP contribution in [0.4, 0.5) is 0 Å². The van der Waals surface area contributed by atoms with E-state index in [0.29, 0.717) is 5.92 Å². The van der Waals surface area contributed by atoms with Crippen LogP contribution in [0.3, 0.4) is 0 Å². The lowest BCUT2D eigenvalue weighted by atomic mass is 9.81. The van der Waals surface area contributed by atoms with Crippen LogP contribution >= 0.6 is 0 Å². The van der Waals surface area contributed by atoms with Crippen molar-refractivity contribution in [3.05, 3.63) is 205 Å². The fourth-order valence-corrected chi connectivity index (χ4v) is 9.66. The molecule has 8 aromatic carbocycles. The Morgan fingerprint density at radius 2 is 0.966 bits per heavy atom. The van der Waals surface area contributed by atoms with Crippen LogP contribution in [0.2, 0.25) is 0 Å². The predicted octanol–water partition coefficient (Wildman–Crippen LogP) is 16.0. The lowest BCUT2D eigenvalue weighted by molar-refractivity contribution is 0.580. The van der Waals surface area contributed by atoms with Gasteiger partial charge in [-0.1, -0.05) is 166 Å². The Kier molecular flexibility index (Phi) is 9.92. The maximum Gasteiger partial charge on any atom is 0.0542 e. The molecule has 10 rings (SSSR count). The Morgan fingerprint density at radius 3 is 1.71 bits per heavy atom. The van der Waals surface area contributed by atoms with E-state index in [9.17, 15) is 0 Å². The van der Waals surface area contributed by atoms with Gasteiger partial charge in [-0.2, -0.15) is 0 Å².